The van der Waals surface area contributed by atoms with Gasteiger partial charge in [0.2, 0.25) is 0 Å². The van der Waals surface area contributed by atoms with Crippen molar-refractivity contribution >= 4 is 0 Å². The van der Waals surface area contributed by atoms with Gasteiger partial charge in [-0.05, 0) is 30.9 Å². The van der Waals surface area contributed by atoms with Crippen LogP contribution in [-0.2, 0) is 6.42 Å². The monoisotopic (exact) mass is 158 g/mol. The maximum Gasteiger partial charge on any atom is 0.00211 e. The van der Waals surface area contributed by atoms with E-state index in [0.717, 1.165) is 0 Å². The molecule has 1 aliphatic carbocycles. The topological polar surface area (TPSA) is 0 Å². The first-order chi connectivity index (χ1) is 5.81. The van der Waals surface area contributed by atoms with Crippen molar-refractivity contribution in [2.75, 3.05) is 0 Å². The molecule has 0 fully saturated rings. The second-order valence-corrected chi connectivity index (χ2v) is 3.58. The average Bonchev–Trinajstić information content (AvgIpc) is 2.46. The van der Waals surface area contributed by atoms with Gasteiger partial charge in [-0.25, -0.2) is 0 Å². The lowest BCUT2D eigenvalue weighted by Gasteiger charge is -2.04. The smallest absolute Gasteiger partial charge is 0.00211 e. The van der Waals surface area contributed by atoms with Gasteiger partial charge in [0, 0.05) is 5.92 Å². The summed E-state index contributed by atoms with van der Waals surface area (Å²) in [4.78, 5) is 0. The molecule has 0 nitrogen and oxygen atoms in total. The summed E-state index contributed by atoms with van der Waals surface area (Å²) >= 11 is 0. The Morgan fingerprint density at radius 3 is 3.08 bits per heavy atom. The fourth-order valence-corrected chi connectivity index (χ4v) is 2.02. The second kappa shape index (κ2) is 2.78. The van der Waals surface area contributed by atoms with Crippen LogP contribution in [0, 0.1) is 6.92 Å². The van der Waals surface area contributed by atoms with E-state index in [1.54, 1.807) is 0 Å². The molecular weight excluding hydrogens is 144 g/mol. The van der Waals surface area contributed by atoms with Crippen molar-refractivity contribution in [2.24, 2.45) is 0 Å². The second-order valence-electron chi connectivity index (χ2n) is 3.58. The molecule has 62 valence electrons. The first-order valence-corrected chi connectivity index (χ1v) is 4.53. The van der Waals surface area contributed by atoms with Crippen LogP contribution in [0.5, 0.6) is 0 Å². The van der Waals surface area contributed by atoms with Crippen LogP contribution in [-0.4, -0.2) is 0 Å². The third-order valence-corrected chi connectivity index (χ3v) is 2.71. The Balaban J connectivity index is 2.47. The summed E-state index contributed by atoms with van der Waals surface area (Å²) in [6.45, 7) is 6.02. The highest BCUT2D eigenvalue weighted by Crippen LogP contribution is 2.33. The van der Waals surface area contributed by atoms with Crippen molar-refractivity contribution in [3.05, 3.63) is 47.5 Å². The van der Waals surface area contributed by atoms with Crippen molar-refractivity contribution in [3.63, 3.8) is 0 Å². The predicted molar refractivity (Wildman–Crippen MR) is 52.4 cm³/mol. The van der Waals surface area contributed by atoms with E-state index in [0.29, 0.717) is 5.92 Å². The molecular formula is C12H14. The van der Waals surface area contributed by atoms with Crippen LogP contribution in [0.3, 0.4) is 0 Å². The summed E-state index contributed by atoms with van der Waals surface area (Å²) < 4.78 is 0. The van der Waals surface area contributed by atoms with Gasteiger partial charge in [-0.3, -0.25) is 0 Å². The summed E-state index contributed by atoms with van der Waals surface area (Å²) in [7, 11) is 0. The van der Waals surface area contributed by atoms with Gasteiger partial charge in [0.25, 0.3) is 0 Å². The van der Waals surface area contributed by atoms with Crippen molar-refractivity contribution in [1.82, 2.24) is 0 Å². The fraction of sp³-hybridized carbons (Fsp3) is 0.333. The van der Waals surface area contributed by atoms with Gasteiger partial charge in [0.05, 0.1) is 0 Å². The Hall–Kier alpha value is -1.04. The summed E-state index contributed by atoms with van der Waals surface area (Å²) in [6, 6.07) is 6.75. The number of allylic oxidation sites excluding steroid dienone is 1. The first-order valence-electron chi connectivity index (χ1n) is 4.53. The summed E-state index contributed by atoms with van der Waals surface area (Å²) in [5.41, 5.74) is 4.40. The molecule has 1 aliphatic rings. The Morgan fingerprint density at radius 1 is 1.50 bits per heavy atom. The highest BCUT2D eigenvalue weighted by Gasteiger charge is 2.18. The van der Waals surface area contributed by atoms with E-state index >= 15 is 0 Å². The molecule has 0 spiro atoms. The van der Waals surface area contributed by atoms with E-state index in [1.165, 1.54) is 29.5 Å². The van der Waals surface area contributed by atoms with Gasteiger partial charge < -0.3 is 0 Å². The minimum Gasteiger partial charge on any atom is -0.102 e. The minimum atomic E-state index is 0.612. The molecule has 1 aromatic carbocycles. The molecule has 0 amide bonds. The largest absolute Gasteiger partial charge is 0.102 e. The highest BCUT2D eigenvalue weighted by atomic mass is 14.2. The lowest BCUT2D eigenvalue weighted by Crippen LogP contribution is -1.87. The molecule has 12 heavy (non-hydrogen) atoms. The molecule has 0 saturated carbocycles. The minimum absolute atomic E-state index is 0.612. The molecule has 0 bridgehead atoms. The van der Waals surface area contributed by atoms with E-state index in [-0.39, 0.29) is 0 Å². The summed E-state index contributed by atoms with van der Waals surface area (Å²) in [5, 5.41) is 0. The van der Waals surface area contributed by atoms with Crippen LogP contribution in [0.25, 0.3) is 0 Å². The standard InChI is InChI=1S/C12H14/c1-3-10-5-6-11-8-9(2)4-7-12(10)11/h3-4,7-8,10H,1,5-6H2,2H3. The van der Waals surface area contributed by atoms with Gasteiger partial charge in [-0.2, -0.15) is 0 Å². The number of aryl methyl sites for hydroxylation is 2. The van der Waals surface area contributed by atoms with Crippen LogP contribution in [0.1, 0.15) is 29.0 Å². The quantitative estimate of drug-likeness (QED) is 0.550. The maximum atomic E-state index is 3.86. The maximum absolute atomic E-state index is 3.86. The summed E-state index contributed by atoms with van der Waals surface area (Å²) in [5.74, 6) is 0.612. The number of rotatable bonds is 1. The number of fused-ring (bicyclic) bond motifs is 1. The SMILES string of the molecule is C=CC1CCc2cc(C)ccc21. The van der Waals surface area contributed by atoms with E-state index in [9.17, 15) is 0 Å². The third-order valence-electron chi connectivity index (χ3n) is 2.71. The van der Waals surface area contributed by atoms with Crippen molar-refractivity contribution in [3.8, 4) is 0 Å². The van der Waals surface area contributed by atoms with Crippen LogP contribution >= 0.6 is 0 Å². The molecule has 1 atom stereocenters. The summed E-state index contributed by atoms with van der Waals surface area (Å²) in [6.07, 6.45) is 4.55. The average molecular weight is 158 g/mol. The van der Waals surface area contributed by atoms with E-state index in [4.69, 9.17) is 0 Å². The Morgan fingerprint density at radius 2 is 2.33 bits per heavy atom. The molecule has 0 heteroatoms. The molecule has 0 heterocycles. The van der Waals surface area contributed by atoms with Gasteiger partial charge in [-0.15, -0.1) is 6.58 Å². The zero-order chi connectivity index (χ0) is 8.55. The van der Waals surface area contributed by atoms with Crippen LogP contribution < -0.4 is 0 Å². The van der Waals surface area contributed by atoms with Crippen molar-refractivity contribution in [1.29, 1.82) is 0 Å². The Labute approximate surface area is 73.9 Å². The predicted octanol–water partition coefficient (Wildman–Crippen LogP) is 3.21. The zero-order valence-corrected chi connectivity index (χ0v) is 7.51. The normalized spacial score (nSPS) is 20.6. The van der Waals surface area contributed by atoms with Gasteiger partial charge in [0.1, 0.15) is 0 Å². The molecule has 0 N–H and O–H groups in total. The number of benzene rings is 1. The van der Waals surface area contributed by atoms with Crippen molar-refractivity contribution in [2.45, 2.75) is 25.7 Å². The molecule has 1 unspecified atom stereocenters. The third kappa shape index (κ3) is 1.08. The Kier molecular flexibility index (Phi) is 1.76. The molecule has 0 aliphatic heterocycles. The van der Waals surface area contributed by atoms with Crippen LogP contribution in [0.15, 0.2) is 30.9 Å². The van der Waals surface area contributed by atoms with Gasteiger partial charge >= 0.3 is 0 Å². The molecule has 1 aromatic rings. The lowest BCUT2D eigenvalue weighted by atomic mass is 10.0. The number of hydrogen-bond acceptors (Lipinski definition) is 0. The van der Waals surface area contributed by atoms with Gasteiger partial charge in [0.15, 0.2) is 0 Å². The van der Waals surface area contributed by atoms with E-state index < -0.39 is 0 Å². The fourth-order valence-electron chi connectivity index (χ4n) is 2.02. The molecule has 2 rings (SSSR count). The molecule has 0 radical (unpaired) electrons. The highest BCUT2D eigenvalue weighted by molar-refractivity contribution is 5.39. The van der Waals surface area contributed by atoms with E-state index in [1.807, 2.05) is 0 Å². The van der Waals surface area contributed by atoms with Gasteiger partial charge in [-0.1, -0.05) is 29.8 Å². The first kappa shape index (κ1) is 7.60. The zero-order valence-electron chi connectivity index (χ0n) is 7.51. The lowest BCUT2D eigenvalue weighted by molar-refractivity contribution is 0.816. The van der Waals surface area contributed by atoms with Crippen LogP contribution in [0.2, 0.25) is 0 Å². The number of hydrogen-bond donors (Lipinski definition) is 0. The van der Waals surface area contributed by atoms with Crippen LogP contribution in [0.4, 0.5) is 0 Å². The molecule has 0 aromatic heterocycles. The molecule has 0 saturated heterocycles. The van der Waals surface area contributed by atoms with E-state index in [2.05, 4.69) is 37.8 Å². The van der Waals surface area contributed by atoms with Crippen molar-refractivity contribution < 1.29 is 0 Å². The Bertz CT molecular complexity index is 310.